The summed E-state index contributed by atoms with van der Waals surface area (Å²) in [6, 6.07) is 0. The summed E-state index contributed by atoms with van der Waals surface area (Å²) in [4.78, 5) is 13.4. The lowest BCUT2D eigenvalue weighted by atomic mass is 9.44. The van der Waals surface area contributed by atoms with Crippen molar-refractivity contribution >= 4 is 5.97 Å². The molecule has 0 radical (unpaired) electrons. The summed E-state index contributed by atoms with van der Waals surface area (Å²) in [5, 5.41) is 76.2. The number of allylic oxidation sites excluding steroid dienone is 2. The average molecular weight is 1040 g/mol. The van der Waals surface area contributed by atoms with Crippen LogP contribution in [0.25, 0.3) is 0 Å². The summed E-state index contributed by atoms with van der Waals surface area (Å²) in [6.45, 7) is 14.5. The van der Waals surface area contributed by atoms with E-state index in [-0.39, 0.29) is 41.7 Å². The first-order valence-electron chi connectivity index (χ1n) is 26.7. The third kappa shape index (κ3) is 10.5. The molecular formula is C53H86O20. The number of hydrogen-bond donors (Lipinski definition) is 7. The smallest absolute Gasteiger partial charge is 0.333 e. The Morgan fingerprint density at radius 2 is 1.36 bits per heavy atom. The molecule has 0 spiro atoms. The van der Waals surface area contributed by atoms with Crippen LogP contribution in [-0.2, 0) is 61.6 Å². The zero-order chi connectivity index (χ0) is 53.1. The quantitative estimate of drug-likeness (QED) is 0.0705. The monoisotopic (exact) mass is 1040 g/mol. The Balaban J connectivity index is 0.865. The van der Waals surface area contributed by atoms with Crippen molar-refractivity contribution in [3.63, 3.8) is 0 Å². The largest absolute Gasteiger partial charge is 0.458 e. The van der Waals surface area contributed by atoms with E-state index in [2.05, 4.69) is 13.0 Å². The normalized spacial score (nSPS) is 50.8. The van der Waals surface area contributed by atoms with Crippen molar-refractivity contribution in [2.45, 2.75) is 248 Å². The van der Waals surface area contributed by atoms with Crippen LogP contribution in [0.4, 0.5) is 0 Å². The molecule has 7 N–H and O–H groups in total. The lowest BCUT2D eigenvalue weighted by molar-refractivity contribution is -0.373. The van der Waals surface area contributed by atoms with Gasteiger partial charge in [-0.05, 0) is 110 Å². The average Bonchev–Trinajstić information content (AvgIpc) is 3.65. The van der Waals surface area contributed by atoms with Crippen LogP contribution >= 0.6 is 0 Å². The van der Waals surface area contributed by atoms with Crippen LogP contribution in [0.2, 0.25) is 0 Å². The molecule has 20 heteroatoms. The Kier molecular flexibility index (Phi) is 18.0. The van der Waals surface area contributed by atoms with E-state index in [0.29, 0.717) is 44.1 Å². The molecule has 4 saturated heterocycles. The van der Waals surface area contributed by atoms with Crippen molar-refractivity contribution in [2.75, 3.05) is 27.9 Å². The Hall–Kier alpha value is -1.77. The third-order valence-electron chi connectivity index (χ3n) is 18.9. The topological polar surface area (TPSA) is 269 Å². The number of aliphatic hydroxyl groups excluding tert-OH is 6. The van der Waals surface area contributed by atoms with Gasteiger partial charge >= 0.3 is 5.97 Å². The predicted molar refractivity (Wildman–Crippen MR) is 257 cm³/mol. The molecule has 4 heterocycles. The Bertz CT molecular complexity index is 1940. The molecule has 0 amide bonds. The van der Waals surface area contributed by atoms with Gasteiger partial charge in [-0.25, -0.2) is 4.79 Å². The first-order chi connectivity index (χ1) is 34.6. The molecule has 27 atom stereocenters. The number of hydrogen-bond acceptors (Lipinski definition) is 20. The first kappa shape index (κ1) is 57.4. The highest BCUT2D eigenvalue weighted by Gasteiger charge is 2.71. The minimum absolute atomic E-state index is 0.0426. The molecule has 0 aromatic rings. The summed E-state index contributed by atoms with van der Waals surface area (Å²) >= 11 is 0. The van der Waals surface area contributed by atoms with Crippen molar-refractivity contribution in [1.82, 2.24) is 0 Å². The lowest BCUT2D eigenvalue weighted by Crippen LogP contribution is -2.67. The van der Waals surface area contributed by atoms with E-state index in [1.165, 1.54) is 12.7 Å². The van der Waals surface area contributed by atoms with E-state index in [0.717, 1.165) is 12.8 Å². The summed E-state index contributed by atoms with van der Waals surface area (Å²) in [5.41, 5.74) is -0.339. The molecule has 418 valence electrons. The van der Waals surface area contributed by atoms with Crippen LogP contribution in [0.1, 0.15) is 113 Å². The summed E-state index contributed by atoms with van der Waals surface area (Å²) in [6.07, 6.45) is -9.40. The molecule has 7 fully saturated rings. The number of carbonyl (C=O) groups excluding carboxylic acids is 1. The standard InChI is InChI=1S/C53H86O20/c1-12-24(2)48(60)70-37-20-33-32(53(61)18-16-31(25(3)55)52(37,53)8)14-13-29-19-30(15-17-51(29,33)7)68-38-21-34(62-9)44(26(4)65-38)71-39-22-35(63-10)45(27(5)66-39)72-50-43(59)47(64-11)46(28(6)67-50)73-49-42(58)41(57)40(56)36(23-54)69-49/h12-13,25-28,30-47,49-50,54-59,61H,14-23H2,1-11H3/b24-12+/t25?,26-,27-,28-,30+,31-,32-,33+,34+,35+,36-,37-,38+,39+,40-,41+,42-,43-,44-,45-,46-,47+,49+,50+,51+,52+,53+/m1/s1. The minimum atomic E-state index is -1.67. The van der Waals surface area contributed by atoms with Crippen LogP contribution in [0.5, 0.6) is 0 Å². The van der Waals surface area contributed by atoms with Gasteiger partial charge in [-0.15, -0.1) is 0 Å². The second-order valence-corrected chi connectivity index (χ2v) is 22.8. The Morgan fingerprint density at radius 1 is 0.753 bits per heavy atom. The van der Waals surface area contributed by atoms with Gasteiger partial charge in [-0.2, -0.15) is 0 Å². The number of aliphatic hydroxyl groups is 7. The van der Waals surface area contributed by atoms with Crippen molar-refractivity contribution in [1.29, 1.82) is 0 Å². The fraction of sp³-hybridized carbons (Fsp3) is 0.906. The van der Waals surface area contributed by atoms with Gasteiger partial charge in [0.1, 0.15) is 61.0 Å². The molecule has 4 aliphatic heterocycles. The van der Waals surface area contributed by atoms with Crippen LogP contribution in [0.3, 0.4) is 0 Å². The molecule has 0 aromatic carbocycles. The highest BCUT2D eigenvalue weighted by Crippen LogP contribution is 2.69. The fourth-order valence-corrected chi connectivity index (χ4v) is 14.5. The molecule has 8 aliphatic rings. The van der Waals surface area contributed by atoms with Gasteiger partial charge in [0.05, 0.1) is 54.9 Å². The number of fused-ring (bicyclic) bond motifs is 5. The maximum Gasteiger partial charge on any atom is 0.333 e. The first-order valence-corrected chi connectivity index (χ1v) is 26.7. The van der Waals surface area contributed by atoms with Gasteiger partial charge in [0.2, 0.25) is 0 Å². The van der Waals surface area contributed by atoms with Gasteiger partial charge in [-0.1, -0.05) is 31.6 Å². The van der Waals surface area contributed by atoms with Crippen LogP contribution in [0.15, 0.2) is 23.3 Å². The van der Waals surface area contributed by atoms with E-state index in [1.807, 2.05) is 27.7 Å². The van der Waals surface area contributed by atoms with E-state index in [9.17, 15) is 40.5 Å². The SMILES string of the molecule is C/C=C(\C)C(=O)O[C@@H]1C[C@H]2[C@@H](CC=C3C[C@@H](O[C@H]4C[C@H](OC)[C@H](O[C@H]5C[C@H](OC)[C@H](O[C@@H]6O[C@H](C)[C@@H](O[C@@H]7O[C@H](CO)[C@@H](O)[C@H](O)[C@H]7O)[C@@H](OC)[C@H]6O)[C@@H](C)O5)[C@@H](C)O4)CC[C@@]32C)[C@@]2(O)CC[C@H](C(C)O)[C@@]12C. The molecule has 1 unspecified atom stereocenters. The van der Waals surface area contributed by atoms with Crippen molar-refractivity contribution < 1.29 is 97.4 Å². The lowest BCUT2D eigenvalue weighted by Gasteiger charge is -2.63. The van der Waals surface area contributed by atoms with E-state index >= 15 is 0 Å². The molecule has 4 aliphatic carbocycles. The van der Waals surface area contributed by atoms with E-state index in [4.69, 9.17) is 56.8 Å². The van der Waals surface area contributed by atoms with Crippen molar-refractivity contribution in [2.24, 2.45) is 28.6 Å². The summed E-state index contributed by atoms with van der Waals surface area (Å²) in [7, 11) is 4.57. The van der Waals surface area contributed by atoms with E-state index < -0.39 is 140 Å². The molecule has 0 aromatic heterocycles. The van der Waals surface area contributed by atoms with Gasteiger partial charge < -0.3 is 92.6 Å². The van der Waals surface area contributed by atoms with Crippen LogP contribution < -0.4 is 0 Å². The summed E-state index contributed by atoms with van der Waals surface area (Å²) < 4.78 is 74.4. The maximum atomic E-state index is 13.4. The van der Waals surface area contributed by atoms with Crippen molar-refractivity contribution in [3.05, 3.63) is 23.3 Å². The van der Waals surface area contributed by atoms with E-state index in [1.54, 1.807) is 41.1 Å². The molecule has 0 bridgehead atoms. The van der Waals surface area contributed by atoms with Crippen LogP contribution in [0, 0.1) is 28.6 Å². The Morgan fingerprint density at radius 3 is 1.96 bits per heavy atom. The van der Waals surface area contributed by atoms with Crippen LogP contribution in [-0.4, -0.2) is 204 Å². The highest BCUT2D eigenvalue weighted by molar-refractivity contribution is 5.87. The predicted octanol–water partition coefficient (Wildman–Crippen LogP) is 2.31. The molecule has 8 rings (SSSR count). The molecule has 73 heavy (non-hydrogen) atoms. The summed E-state index contributed by atoms with van der Waals surface area (Å²) in [5.74, 6) is -0.562. The number of esters is 1. The zero-order valence-corrected chi connectivity index (χ0v) is 44.5. The molecule has 20 nitrogen and oxygen atoms in total. The zero-order valence-electron chi connectivity index (χ0n) is 44.5. The van der Waals surface area contributed by atoms with Gasteiger partial charge in [-0.3, -0.25) is 0 Å². The third-order valence-corrected chi connectivity index (χ3v) is 18.9. The number of ether oxygens (including phenoxy) is 12. The number of methoxy groups -OCH3 is 3. The minimum Gasteiger partial charge on any atom is -0.458 e. The number of carbonyl (C=O) groups is 1. The fourth-order valence-electron chi connectivity index (χ4n) is 14.5. The maximum absolute atomic E-state index is 13.4. The second-order valence-electron chi connectivity index (χ2n) is 22.8. The van der Waals surface area contributed by atoms with Gasteiger partial charge in [0, 0.05) is 45.2 Å². The van der Waals surface area contributed by atoms with Gasteiger partial charge in [0.25, 0.3) is 0 Å². The molecular weight excluding hydrogens is 957 g/mol. The second kappa shape index (κ2) is 22.9. The van der Waals surface area contributed by atoms with Crippen molar-refractivity contribution in [3.8, 4) is 0 Å². The molecule has 3 saturated carbocycles. The highest BCUT2D eigenvalue weighted by atomic mass is 16.8. The Labute approximate surface area is 429 Å². The van der Waals surface area contributed by atoms with Gasteiger partial charge in [0.15, 0.2) is 25.2 Å². The number of rotatable bonds is 15.